The van der Waals surface area contributed by atoms with Crippen molar-refractivity contribution in [2.24, 2.45) is 0 Å². The topological polar surface area (TPSA) is 9.23 Å². The van der Waals surface area contributed by atoms with Crippen molar-refractivity contribution in [2.45, 2.75) is 52.2 Å². The van der Waals surface area contributed by atoms with E-state index < -0.39 is 48.4 Å². The number of rotatable bonds is 10. The van der Waals surface area contributed by atoms with E-state index in [0.29, 0.717) is 12.2 Å². The van der Waals surface area contributed by atoms with Gasteiger partial charge in [0.25, 0.3) is 0 Å². The van der Waals surface area contributed by atoms with E-state index in [0.717, 1.165) is 5.57 Å². The SMILES string of the molecule is C=C/C=C(\C)C/C=C(F)\C(=C/C)C(=C)/C=C(/F)CC(F)(F)OC1C=C(F)C(C)=C(F)C1. The minimum atomic E-state index is -4.04. The fraction of sp³-hybridized carbons (Fsp3) is 0.333. The van der Waals surface area contributed by atoms with Crippen LogP contribution in [0.4, 0.5) is 26.3 Å². The zero-order valence-corrected chi connectivity index (χ0v) is 17.8. The van der Waals surface area contributed by atoms with Crippen molar-refractivity contribution in [3.05, 3.63) is 95.2 Å². The Morgan fingerprint density at radius 1 is 1.29 bits per heavy atom. The van der Waals surface area contributed by atoms with Gasteiger partial charge in [0.2, 0.25) is 0 Å². The highest BCUT2D eigenvalue weighted by atomic mass is 19.3. The van der Waals surface area contributed by atoms with Gasteiger partial charge in [-0.1, -0.05) is 37.0 Å². The lowest BCUT2D eigenvalue weighted by atomic mass is 10.0. The fourth-order valence-corrected chi connectivity index (χ4v) is 2.77. The minimum Gasteiger partial charge on any atom is -0.312 e. The molecule has 1 atom stereocenters. The summed E-state index contributed by atoms with van der Waals surface area (Å²) in [7, 11) is 0. The molecular formula is C24H26F6O. The summed E-state index contributed by atoms with van der Waals surface area (Å²) in [5.74, 6) is -3.93. The summed E-state index contributed by atoms with van der Waals surface area (Å²) in [5, 5.41) is 0. The Morgan fingerprint density at radius 3 is 2.48 bits per heavy atom. The number of hydrogen-bond donors (Lipinski definition) is 0. The van der Waals surface area contributed by atoms with E-state index in [1.54, 1.807) is 19.1 Å². The van der Waals surface area contributed by atoms with Crippen molar-refractivity contribution >= 4 is 0 Å². The van der Waals surface area contributed by atoms with E-state index in [2.05, 4.69) is 17.9 Å². The van der Waals surface area contributed by atoms with Crippen LogP contribution in [-0.2, 0) is 4.74 Å². The summed E-state index contributed by atoms with van der Waals surface area (Å²) < 4.78 is 88.2. The first kappa shape index (κ1) is 26.5. The predicted molar refractivity (Wildman–Crippen MR) is 112 cm³/mol. The number of allylic oxidation sites excluding steroid dienone is 11. The van der Waals surface area contributed by atoms with Gasteiger partial charge >= 0.3 is 6.11 Å². The molecule has 0 amide bonds. The molecule has 0 saturated carbocycles. The van der Waals surface area contributed by atoms with Gasteiger partial charge in [0.05, 0.1) is 12.5 Å². The van der Waals surface area contributed by atoms with Crippen LogP contribution in [0.1, 0.15) is 40.0 Å². The summed E-state index contributed by atoms with van der Waals surface area (Å²) >= 11 is 0. The Kier molecular flexibility index (Phi) is 10.0. The van der Waals surface area contributed by atoms with Gasteiger partial charge in [0.15, 0.2) is 0 Å². The van der Waals surface area contributed by atoms with Gasteiger partial charge in [-0.05, 0) is 51.0 Å². The van der Waals surface area contributed by atoms with Gasteiger partial charge in [0.1, 0.15) is 23.3 Å². The summed E-state index contributed by atoms with van der Waals surface area (Å²) in [6.45, 7) is 11.5. The van der Waals surface area contributed by atoms with Gasteiger partial charge in [-0.3, -0.25) is 0 Å². The number of halogens is 6. The Hall–Kier alpha value is -2.54. The maximum absolute atomic E-state index is 14.4. The van der Waals surface area contributed by atoms with E-state index >= 15 is 0 Å². The molecule has 0 saturated heterocycles. The lowest BCUT2D eigenvalue weighted by molar-refractivity contribution is -0.254. The van der Waals surface area contributed by atoms with Crippen LogP contribution in [0.25, 0.3) is 0 Å². The second-order valence-electron chi connectivity index (χ2n) is 7.04. The van der Waals surface area contributed by atoms with Crippen LogP contribution >= 0.6 is 0 Å². The van der Waals surface area contributed by atoms with Crippen LogP contribution in [0.5, 0.6) is 0 Å². The smallest absolute Gasteiger partial charge is 0.312 e. The highest BCUT2D eigenvalue weighted by molar-refractivity contribution is 5.48. The fourth-order valence-electron chi connectivity index (χ4n) is 2.77. The van der Waals surface area contributed by atoms with E-state index in [9.17, 15) is 26.3 Å². The number of ether oxygens (including phenoxy) is 1. The van der Waals surface area contributed by atoms with Gasteiger partial charge in [0, 0.05) is 17.6 Å². The van der Waals surface area contributed by atoms with E-state index in [-0.39, 0.29) is 23.1 Å². The molecule has 31 heavy (non-hydrogen) atoms. The summed E-state index contributed by atoms with van der Waals surface area (Å²) in [5.41, 5.74) is 0.350. The molecule has 0 aliphatic heterocycles. The monoisotopic (exact) mass is 444 g/mol. The van der Waals surface area contributed by atoms with Crippen LogP contribution in [0.15, 0.2) is 95.2 Å². The largest absolute Gasteiger partial charge is 0.362 e. The summed E-state index contributed by atoms with van der Waals surface area (Å²) in [4.78, 5) is 0. The molecule has 7 heteroatoms. The van der Waals surface area contributed by atoms with Crippen molar-refractivity contribution in [1.82, 2.24) is 0 Å². The zero-order chi connectivity index (χ0) is 23.8. The normalized spacial score (nSPS) is 19.5. The van der Waals surface area contributed by atoms with Crippen LogP contribution in [0.2, 0.25) is 0 Å². The molecule has 0 heterocycles. The summed E-state index contributed by atoms with van der Waals surface area (Å²) in [6, 6.07) is 0. The second-order valence-corrected chi connectivity index (χ2v) is 7.04. The molecule has 1 aliphatic rings. The van der Waals surface area contributed by atoms with E-state index in [4.69, 9.17) is 0 Å². The molecule has 0 fully saturated rings. The first-order valence-corrected chi connectivity index (χ1v) is 9.54. The number of alkyl halides is 2. The first-order valence-electron chi connectivity index (χ1n) is 9.54. The average Bonchev–Trinajstić information content (AvgIpc) is 2.64. The second kappa shape index (κ2) is 11.7. The third-order valence-electron chi connectivity index (χ3n) is 4.40. The van der Waals surface area contributed by atoms with Crippen molar-refractivity contribution in [1.29, 1.82) is 0 Å². The highest BCUT2D eigenvalue weighted by Gasteiger charge is 2.36. The quantitative estimate of drug-likeness (QED) is 0.242. The standard InChI is InChI=1S/C24H26F6O/c1-6-8-15(3)9-10-21(26)20(7-2)16(4)11-18(25)14-24(29,30)31-19-12-22(27)17(5)23(28)13-19/h6-8,10-12,19H,1,4,9,13-14H2,2-3,5H3/b15-8+,18-11+,20-7-,21-10+. The third-order valence-corrected chi connectivity index (χ3v) is 4.40. The van der Waals surface area contributed by atoms with Gasteiger partial charge < -0.3 is 4.74 Å². The van der Waals surface area contributed by atoms with Crippen molar-refractivity contribution < 1.29 is 31.1 Å². The Labute approximate surface area is 179 Å². The molecule has 170 valence electrons. The molecule has 0 N–H and O–H groups in total. The maximum atomic E-state index is 14.4. The van der Waals surface area contributed by atoms with Crippen molar-refractivity contribution in [3.8, 4) is 0 Å². The molecule has 1 unspecified atom stereocenters. The van der Waals surface area contributed by atoms with Crippen LogP contribution in [0.3, 0.4) is 0 Å². The molecule has 0 aromatic heterocycles. The molecule has 1 aliphatic carbocycles. The molecular weight excluding hydrogens is 418 g/mol. The number of hydrogen-bond acceptors (Lipinski definition) is 1. The van der Waals surface area contributed by atoms with Crippen LogP contribution in [-0.4, -0.2) is 12.2 Å². The molecule has 0 aromatic carbocycles. The van der Waals surface area contributed by atoms with Crippen LogP contribution < -0.4 is 0 Å². The predicted octanol–water partition coefficient (Wildman–Crippen LogP) is 8.59. The average molecular weight is 444 g/mol. The highest BCUT2D eigenvalue weighted by Crippen LogP contribution is 2.34. The van der Waals surface area contributed by atoms with Gasteiger partial charge in [-0.25, -0.2) is 17.6 Å². The summed E-state index contributed by atoms with van der Waals surface area (Å²) in [6.07, 6.45) is -0.167. The van der Waals surface area contributed by atoms with E-state index in [1.807, 2.05) is 0 Å². The Bertz CT molecular complexity index is 884. The Morgan fingerprint density at radius 2 is 1.94 bits per heavy atom. The van der Waals surface area contributed by atoms with E-state index in [1.165, 1.54) is 26.0 Å². The van der Waals surface area contributed by atoms with Crippen LogP contribution in [0, 0.1) is 0 Å². The first-order chi connectivity index (χ1) is 14.4. The molecule has 1 rings (SSSR count). The molecule has 0 radical (unpaired) electrons. The van der Waals surface area contributed by atoms with Crippen molar-refractivity contribution in [3.63, 3.8) is 0 Å². The Balaban J connectivity index is 2.84. The molecule has 0 aromatic rings. The maximum Gasteiger partial charge on any atom is 0.362 e. The zero-order valence-electron chi connectivity index (χ0n) is 17.8. The lowest BCUT2D eigenvalue weighted by Gasteiger charge is -2.24. The molecule has 0 spiro atoms. The third kappa shape index (κ3) is 8.61. The molecule has 0 bridgehead atoms. The van der Waals surface area contributed by atoms with Crippen molar-refractivity contribution in [2.75, 3.05) is 0 Å². The van der Waals surface area contributed by atoms with Gasteiger partial charge in [-0.15, -0.1) is 0 Å². The lowest BCUT2D eigenvalue weighted by Crippen LogP contribution is -2.28. The van der Waals surface area contributed by atoms with Gasteiger partial charge in [-0.2, -0.15) is 8.78 Å². The molecule has 1 nitrogen and oxygen atoms in total. The minimum absolute atomic E-state index is 0.0502.